The third kappa shape index (κ3) is 6.50. The standard InChI is InChI=1S/C18H20N2O5/c1-13-5-2-6-14(11-13)20-16(21)12-25-17(22)8-3-9-19-18(23)15-7-4-10-24-15/h2,4-7,10-11H,3,8-9,12H2,1H3,(H,19,23)(H,20,21). The second-order valence-corrected chi connectivity index (χ2v) is 5.42. The van der Waals surface area contributed by atoms with Crippen molar-refractivity contribution < 1.29 is 23.5 Å². The fraction of sp³-hybridized carbons (Fsp3) is 0.278. The molecule has 132 valence electrons. The van der Waals surface area contributed by atoms with E-state index in [1.54, 1.807) is 18.2 Å². The van der Waals surface area contributed by atoms with Gasteiger partial charge in [0, 0.05) is 18.7 Å². The fourth-order valence-electron chi connectivity index (χ4n) is 2.07. The lowest BCUT2D eigenvalue weighted by atomic mass is 10.2. The first kappa shape index (κ1) is 18.3. The zero-order chi connectivity index (χ0) is 18.1. The van der Waals surface area contributed by atoms with Gasteiger partial charge in [0.2, 0.25) is 0 Å². The summed E-state index contributed by atoms with van der Waals surface area (Å²) in [6, 6.07) is 10.5. The van der Waals surface area contributed by atoms with Crippen molar-refractivity contribution in [3.8, 4) is 0 Å². The predicted octanol–water partition coefficient (Wildman–Crippen LogP) is 2.28. The Morgan fingerprint density at radius 2 is 2.00 bits per heavy atom. The van der Waals surface area contributed by atoms with Crippen LogP contribution in [0.2, 0.25) is 0 Å². The van der Waals surface area contributed by atoms with Crippen LogP contribution in [0.25, 0.3) is 0 Å². The molecule has 0 spiro atoms. The molecule has 0 unspecified atom stereocenters. The van der Waals surface area contributed by atoms with Crippen LogP contribution in [-0.4, -0.2) is 30.9 Å². The number of carbonyl (C=O) groups excluding carboxylic acids is 3. The molecule has 7 nitrogen and oxygen atoms in total. The minimum absolute atomic E-state index is 0.107. The van der Waals surface area contributed by atoms with Crippen LogP contribution in [0, 0.1) is 6.92 Å². The average Bonchev–Trinajstić information content (AvgIpc) is 3.11. The van der Waals surface area contributed by atoms with Gasteiger partial charge in [0.05, 0.1) is 6.26 Å². The van der Waals surface area contributed by atoms with Crippen molar-refractivity contribution in [2.24, 2.45) is 0 Å². The van der Waals surface area contributed by atoms with Crippen molar-refractivity contribution in [3.63, 3.8) is 0 Å². The molecule has 1 aromatic carbocycles. The Hall–Kier alpha value is -3.09. The third-order valence-electron chi connectivity index (χ3n) is 3.25. The van der Waals surface area contributed by atoms with Gasteiger partial charge in [-0.2, -0.15) is 0 Å². The zero-order valence-corrected chi connectivity index (χ0v) is 13.9. The molecule has 0 aliphatic carbocycles. The Bertz CT molecular complexity index is 725. The molecular formula is C18H20N2O5. The van der Waals surface area contributed by atoms with Gasteiger partial charge in [0.15, 0.2) is 12.4 Å². The van der Waals surface area contributed by atoms with E-state index in [9.17, 15) is 14.4 Å². The van der Waals surface area contributed by atoms with Crippen LogP contribution in [0.4, 0.5) is 5.69 Å². The Kier molecular flexibility index (Phi) is 6.76. The molecular weight excluding hydrogens is 324 g/mol. The Morgan fingerprint density at radius 1 is 1.16 bits per heavy atom. The topological polar surface area (TPSA) is 97.6 Å². The molecule has 2 rings (SSSR count). The van der Waals surface area contributed by atoms with E-state index in [1.165, 1.54) is 6.26 Å². The molecule has 0 radical (unpaired) electrons. The maximum Gasteiger partial charge on any atom is 0.306 e. The monoisotopic (exact) mass is 344 g/mol. The van der Waals surface area contributed by atoms with Gasteiger partial charge in [-0.25, -0.2) is 0 Å². The molecule has 2 amide bonds. The van der Waals surface area contributed by atoms with E-state index in [2.05, 4.69) is 10.6 Å². The van der Waals surface area contributed by atoms with E-state index in [0.29, 0.717) is 18.7 Å². The van der Waals surface area contributed by atoms with Crippen molar-refractivity contribution in [1.29, 1.82) is 0 Å². The highest BCUT2D eigenvalue weighted by Crippen LogP contribution is 2.09. The average molecular weight is 344 g/mol. The van der Waals surface area contributed by atoms with Gasteiger partial charge >= 0.3 is 5.97 Å². The van der Waals surface area contributed by atoms with E-state index in [1.807, 2.05) is 25.1 Å². The third-order valence-corrected chi connectivity index (χ3v) is 3.25. The smallest absolute Gasteiger partial charge is 0.306 e. The number of nitrogens with one attached hydrogen (secondary N) is 2. The van der Waals surface area contributed by atoms with E-state index < -0.39 is 11.9 Å². The molecule has 7 heteroatoms. The minimum Gasteiger partial charge on any atom is -0.459 e. The first-order chi connectivity index (χ1) is 12.0. The molecule has 1 heterocycles. The van der Waals surface area contributed by atoms with Crippen LogP contribution in [0.5, 0.6) is 0 Å². The number of benzene rings is 1. The molecule has 0 aliphatic rings. The van der Waals surface area contributed by atoms with Crippen molar-refractivity contribution in [2.75, 3.05) is 18.5 Å². The first-order valence-corrected chi connectivity index (χ1v) is 7.88. The summed E-state index contributed by atoms with van der Waals surface area (Å²) in [5.41, 5.74) is 1.67. The summed E-state index contributed by atoms with van der Waals surface area (Å²) in [7, 11) is 0. The van der Waals surface area contributed by atoms with Crippen molar-refractivity contribution in [2.45, 2.75) is 19.8 Å². The normalized spacial score (nSPS) is 10.1. The van der Waals surface area contributed by atoms with E-state index in [-0.39, 0.29) is 24.7 Å². The largest absolute Gasteiger partial charge is 0.459 e. The number of ether oxygens (including phenoxy) is 1. The predicted molar refractivity (Wildman–Crippen MR) is 91.0 cm³/mol. The number of amides is 2. The van der Waals surface area contributed by atoms with Crippen LogP contribution in [0.3, 0.4) is 0 Å². The van der Waals surface area contributed by atoms with Gasteiger partial charge in [-0.15, -0.1) is 0 Å². The molecule has 2 N–H and O–H groups in total. The Morgan fingerprint density at radius 3 is 2.72 bits per heavy atom. The second kappa shape index (κ2) is 9.27. The van der Waals surface area contributed by atoms with Gasteiger partial charge < -0.3 is 19.8 Å². The van der Waals surface area contributed by atoms with Crippen molar-refractivity contribution in [1.82, 2.24) is 5.32 Å². The van der Waals surface area contributed by atoms with Crippen molar-refractivity contribution >= 4 is 23.5 Å². The SMILES string of the molecule is Cc1cccc(NC(=O)COC(=O)CCCNC(=O)c2ccco2)c1. The maximum atomic E-state index is 11.7. The van der Waals surface area contributed by atoms with Gasteiger partial charge in [-0.05, 0) is 43.2 Å². The van der Waals surface area contributed by atoms with Gasteiger partial charge in [0.25, 0.3) is 11.8 Å². The van der Waals surface area contributed by atoms with E-state index in [0.717, 1.165) is 5.56 Å². The molecule has 0 saturated carbocycles. The lowest BCUT2D eigenvalue weighted by molar-refractivity contribution is -0.147. The summed E-state index contributed by atoms with van der Waals surface area (Å²) >= 11 is 0. The minimum atomic E-state index is -0.494. The van der Waals surface area contributed by atoms with Crippen LogP contribution < -0.4 is 10.6 Å². The number of esters is 1. The maximum absolute atomic E-state index is 11.7. The molecule has 1 aromatic heterocycles. The second-order valence-electron chi connectivity index (χ2n) is 5.42. The van der Waals surface area contributed by atoms with Gasteiger partial charge in [-0.1, -0.05) is 12.1 Å². The lowest BCUT2D eigenvalue weighted by Gasteiger charge is -2.07. The number of hydrogen-bond donors (Lipinski definition) is 2. The highest BCUT2D eigenvalue weighted by molar-refractivity contribution is 5.93. The number of furan rings is 1. The number of anilines is 1. The number of rotatable bonds is 8. The summed E-state index contributed by atoms with van der Waals surface area (Å²) in [6.45, 7) is 1.88. The molecule has 0 atom stereocenters. The number of aryl methyl sites for hydroxylation is 1. The molecule has 0 saturated heterocycles. The summed E-state index contributed by atoms with van der Waals surface area (Å²) < 4.78 is 9.85. The van der Waals surface area contributed by atoms with Crippen LogP contribution in [-0.2, 0) is 14.3 Å². The highest BCUT2D eigenvalue weighted by atomic mass is 16.5. The summed E-state index contributed by atoms with van der Waals surface area (Å²) in [4.78, 5) is 34.9. The fourth-order valence-corrected chi connectivity index (χ4v) is 2.07. The molecule has 0 bridgehead atoms. The van der Waals surface area contributed by atoms with E-state index >= 15 is 0 Å². The van der Waals surface area contributed by atoms with Crippen LogP contribution in [0.15, 0.2) is 47.1 Å². The quantitative estimate of drug-likeness (QED) is 0.565. The summed E-state index contributed by atoms with van der Waals surface area (Å²) in [5, 5.41) is 5.28. The Balaban J connectivity index is 1.59. The van der Waals surface area contributed by atoms with Crippen LogP contribution in [0.1, 0.15) is 29.0 Å². The van der Waals surface area contributed by atoms with E-state index in [4.69, 9.17) is 9.15 Å². The Labute approximate surface area is 145 Å². The van der Waals surface area contributed by atoms with Gasteiger partial charge in [0.1, 0.15) is 0 Å². The van der Waals surface area contributed by atoms with Crippen molar-refractivity contribution in [3.05, 3.63) is 54.0 Å². The number of hydrogen-bond acceptors (Lipinski definition) is 5. The molecule has 25 heavy (non-hydrogen) atoms. The summed E-state index contributed by atoms with van der Waals surface area (Å²) in [6.07, 6.45) is 1.93. The van der Waals surface area contributed by atoms with Gasteiger partial charge in [-0.3, -0.25) is 14.4 Å². The lowest BCUT2D eigenvalue weighted by Crippen LogP contribution is -2.25. The molecule has 2 aromatic rings. The molecule has 0 aliphatic heterocycles. The summed E-state index contributed by atoms with van der Waals surface area (Å²) in [5.74, 6) is -1.01. The first-order valence-electron chi connectivity index (χ1n) is 7.88. The highest BCUT2D eigenvalue weighted by Gasteiger charge is 2.10. The number of carbonyl (C=O) groups is 3. The van der Waals surface area contributed by atoms with Crippen LogP contribution >= 0.6 is 0 Å². The zero-order valence-electron chi connectivity index (χ0n) is 13.9. The molecule has 0 fully saturated rings.